The predicted octanol–water partition coefficient (Wildman–Crippen LogP) is 3.36. The summed E-state index contributed by atoms with van der Waals surface area (Å²) in [6.07, 6.45) is 1.32. The third-order valence-corrected chi connectivity index (χ3v) is 3.88. The molecular weight excluding hydrogens is 441 g/mol. The minimum absolute atomic E-state index is 0.0586. The molecule has 10 nitrogen and oxygen atoms in total. The van der Waals surface area contributed by atoms with Crippen LogP contribution in [0.15, 0.2) is 35.4 Å². The van der Waals surface area contributed by atoms with E-state index in [9.17, 15) is 19.7 Å². The molecule has 0 aromatic heterocycles. The van der Waals surface area contributed by atoms with Gasteiger partial charge in [0.25, 0.3) is 5.91 Å². The van der Waals surface area contributed by atoms with Gasteiger partial charge in [0.05, 0.1) is 23.3 Å². The van der Waals surface area contributed by atoms with Crippen molar-refractivity contribution in [2.75, 3.05) is 13.7 Å². The summed E-state index contributed by atoms with van der Waals surface area (Å²) in [4.78, 5) is 33.3. The number of carbonyl (C=O) groups is 2. The van der Waals surface area contributed by atoms with E-state index in [0.29, 0.717) is 11.3 Å². The van der Waals surface area contributed by atoms with E-state index in [4.69, 9.17) is 37.4 Å². The molecule has 2 aromatic rings. The van der Waals surface area contributed by atoms with Crippen molar-refractivity contribution in [1.29, 1.82) is 0 Å². The summed E-state index contributed by atoms with van der Waals surface area (Å²) in [6, 6.07) is 6.96. The molecule has 0 fully saturated rings. The average Bonchev–Trinajstić information content (AvgIpc) is 2.67. The number of hydrogen-bond acceptors (Lipinski definition) is 8. The van der Waals surface area contributed by atoms with E-state index >= 15 is 0 Å². The number of nitrogens with one attached hydrogen (secondary N) is 1. The van der Waals surface area contributed by atoms with Crippen LogP contribution in [0.2, 0.25) is 10.0 Å². The van der Waals surface area contributed by atoms with Gasteiger partial charge in [-0.15, -0.1) is 0 Å². The number of benzene rings is 2. The molecule has 1 amide bonds. The lowest BCUT2D eigenvalue weighted by Crippen LogP contribution is -2.24. The minimum atomic E-state index is -0.726. The molecule has 2 aromatic carbocycles. The van der Waals surface area contributed by atoms with E-state index in [0.717, 1.165) is 6.07 Å². The number of carbonyl (C=O) groups excluding carboxylic acids is 2. The topological polar surface area (TPSA) is 129 Å². The fraction of sp³-hybridized carbons (Fsp3) is 0.167. The number of nitrogens with zero attached hydrogens (tertiary/aromatic N) is 2. The first kappa shape index (κ1) is 22.9. The number of rotatable bonds is 8. The molecule has 0 saturated heterocycles. The lowest BCUT2D eigenvalue weighted by atomic mass is 10.2. The van der Waals surface area contributed by atoms with Crippen molar-refractivity contribution in [3.05, 3.63) is 56.1 Å². The van der Waals surface area contributed by atoms with Crippen molar-refractivity contribution in [2.24, 2.45) is 5.10 Å². The average molecular weight is 456 g/mol. The Labute approximate surface area is 180 Å². The third-order valence-electron chi connectivity index (χ3n) is 3.38. The van der Waals surface area contributed by atoms with Gasteiger partial charge in [0.2, 0.25) is 5.75 Å². The molecule has 12 heteroatoms. The van der Waals surface area contributed by atoms with Crippen LogP contribution in [0, 0.1) is 10.1 Å². The fourth-order valence-electron chi connectivity index (χ4n) is 2.18. The number of halogens is 2. The van der Waals surface area contributed by atoms with Crippen molar-refractivity contribution >= 4 is 47.0 Å². The summed E-state index contributed by atoms with van der Waals surface area (Å²) in [5.41, 5.74) is 2.28. The van der Waals surface area contributed by atoms with E-state index in [-0.39, 0.29) is 21.5 Å². The molecule has 0 aliphatic heterocycles. The molecule has 158 valence electrons. The third kappa shape index (κ3) is 6.33. The van der Waals surface area contributed by atoms with Crippen molar-refractivity contribution in [1.82, 2.24) is 5.43 Å². The first-order valence-corrected chi connectivity index (χ1v) is 8.91. The van der Waals surface area contributed by atoms with Crippen LogP contribution >= 0.6 is 23.2 Å². The Bertz CT molecular complexity index is 1010. The Morgan fingerprint density at radius 1 is 1.23 bits per heavy atom. The lowest BCUT2D eigenvalue weighted by molar-refractivity contribution is -0.385. The molecule has 0 bridgehead atoms. The fourth-order valence-corrected chi connectivity index (χ4v) is 2.71. The number of hydrazone groups is 1. The van der Waals surface area contributed by atoms with E-state index in [1.807, 2.05) is 0 Å². The summed E-state index contributed by atoms with van der Waals surface area (Å²) in [5, 5.41) is 14.8. The number of nitro benzene ring substituents is 1. The van der Waals surface area contributed by atoms with Gasteiger partial charge in [0, 0.05) is 18.0 Å². The molecule has 1 N–H and O–H groups in total. The maximum Gasteiger partial charge on any atom is 0.314 e. The monoisotopic (exact) mass is 455 g/mol. The Hall–Kier alpha value is -3.37. The Balaban J connectivity index is 1.99. The minimum Gasteiger partial charge on any atom is -0.493 e. The van der Waals surface area contributed by atoms with Crippen LogP contribution < -0.4 is 19.6 Å². The number of ether oxygens (including phenoxy) is 3. The smallest absolute Gasteiger partial charge is 0.314 e. The van der Waals surface area contributed by atoms with Crippen molar-refractivity contribution in [3.8, 4) is 17.2 Å². The number of nitro groups is 1. The van der Waals surface area contributed by atoms with Crippen LogP contribution in [0.25, 0.3) is 0 Å². The van der Waals surface area contributed by atoms with E-state index in [1.165, 1.54) is 32.4 Å². The van der Waals surface area contributed by atoms with Gasteiger partial charge in [-0.25, -0.2) is 5.43 Å². The highest BCUT2D eigenvalue weighted by atomic mass is 35.5. The van der Waals surface area contributed by atoms with E-state index in [1.54, 1.807) is 12.1 Å². The summed E-state index contributed by atoms with van der Waals surface area (Å²) in [7, 11) is 1.41. The van der Waals surface area contributed by atoms with Gasteiger partial charge in [0.15, 0.2) is 18.1 Å². The number of esters is 1. The maximum atomic E-state index is 11.9. The second kappa shape index (κ2) is 10.4. The second-order valence-corrected chi connectivity index (χ2v) is 6.42. The highest BCUT2D eigenvalue weighted by Gasteiger charge is 2.21. The molecule has 0 atom stereocenters. The summed E-state index contributed by atoms with van der Waals surface area (Å²) in [6.45, 7) is 0.687. The first-order chi connectivity index (χ1) is 14.2. The van der Waals surface area contributed by atoms with Gasteiger partial charge in [0.1, 0.15) is 0 Å². The van der Waals surface area contributed by atoms with Crippen molar-refractivity contribution in [3.63, 3.8) is 0 Å². The Morgan fingerprint density at radius 2 is 1.97 bits per heavy atom. The van der Waals surface area contributed by atoms with E-state index in [2.05, 4.69) is 10.5 Å². The molecule has 0 saturated carbocycles. The second-order valence-electron chi connectivity index (χ2n) is 5.58. The highest BCUT2D eigenvalue weighted by Crippen LogP contribution is 2.37. The van der Waals surface area contributed by atoms with Crippen LogP contribution in [0.4, 0.5) is 5.69 Å². The van der Waals surface area contributed by atoms with Crippen LogP contribution in [0.5, 0.6) is 17.2 Å². The first-order valence-electron chi connectivity index (χ1n) is 8.16. The number of hydrogen-bond donors (Lipinski definition) is 1. The number of amides is 1. The molecule has 0 aliphatic carbocycles. The molecule has 0 radical (unpaired) electrons. The largest absolute Gasteiger partial charge is 0.493 e. The van der Waals surface area contributed by atoms with Crippen LogP contribution in [0.3, 0.4) is 0 Å². The summed E-state index contributed by atoms with van der Waals surface area (Å²) < 4.78 is 15.3. The Morgan fingerprint density at radius 3 is 2.60 bits per heavy atom. The van der Waals surface area contributed by atoms with Crippen LogP contribution in [0.1, 0.15) is 12.5 Å². The summed E-state index contributed by atoms with van der Waals surface area (Å²) >= 11 is 11.6. The van der Waals surface area contributed by atoms with Gasteiger partial charge in [-0.05, 0) is 29.8 Å². The molecule has 30 heavy (non-hydrogen) atoms. The standard InChI is InChI=1S/C18H15Cl2N3O7/c1-10(24)30-15-4-3-11(5-16(15)28-2)8-21-22-17(25)9-29-18-13(20)6-12(19)7-14(18)23(26)27/h3-8H,9H2,1-2H3,(H,22,25). The van der Waals surface area contributed by atoms with Gasteiger partial charge in [-0.2, -0.15) is 5.10 Å². The zero-order chi connectivity index (χ0) is 22.3. The van der Waals surface area contributed by atoms with Crippen LogP contribution in [-0.2, 0) is 9.59 Å². The Kier molecular flexibility index (Phi) is 7.96. The van der Waals surface area contributed by atoms with E-state index < -0.39 is 29.1 Å². The van der Waals surface area contributed by atoms with Gasteiger partial charge < -0.3 is 14.2 Å². The zero-order valence-electron chi connectivity index (χ0n) is 15.7. The molecule has 0 aliphatic rings. The molecule has 0 spiro atoms. The van der Waals surface area contributed by atoms with Gasteiger partial charge in [-0.3, -0.25) is 19.7 Å². The van der Waals surface area contributed by atoms with Crippen molar-refractivity contribution < 1.29 is 28.7 Å². The molecular formula is C18H15Cl2N3O7. The summed E-state index contributed by atoms with van der Waals surface area (Å²) in [5.74, 6) is -0.927. The van der Waals surface area contributed by atoms with Crippen LogP contribution in [-0.4, -0.2) is 36.7 Å². The molecule has 0 unspecified atom stereocenters. The van der Waals surface area contributed by atoms with Gasteiger partial charge >= 0.3 is 11.7 Å². The highest BCUT2D eigenvalue weighted by molar-refractivity contribution is 6.36. The lowest BCUT2D eigenvalue weighted by Gasteiger charge is -2.09. The number of methoxy groups -OCH3 is 1. The molecule has 0 heterocycles. The van der Waals surface area contributed by atoms with Crippen molar-refractivity contribution in [2.45, 2.75) is 6.92 Å². The SMILES string of the molecule is COc1cc(C=NNC(=O)COc2c(Cl)cc(Cl)cc2[N+](=O)[O-])ccc1OC(C)=O. The molecule has 2 rings (SSSR count). The quantitative estimate of drug-likeness (QED) is 0.212. The van der Waals surface area contributed by atoms with Gasteiger partial charge in [-0.1, -0.05) is 23.2 Å². The predicted molar refractivity (Wildman–Crippen MR) is 109 cm³/mol. The normalized spacial score (nSPS) is 10.5. The zero-order valence-corrected chi connectivity index (χ0v) is 17.2. The maximum absolute atomic E-state index is 11.9.